The monoisotopic (exact) mass is 430 g/mol. The molecule has 0 bridgehead atoms. The minimum absolute atomic E-state index is 0.0210. The molecule has 1 unspecified atom stereocenters. The van der Waals surface area contributed by atoms with Crippen molar-refractivity contribution in [3.63, 3.8) is 0 Å². The van der Waals surface area contributed by atoms with Crippen molar-refractivity contribution >= 4 is 11.8 Å². The summed E-state index contributed by atoms with van der Waals surface area (Å²) in [4.78, 5) is 23.2. The van der Waals surface area contributed by atoms with Crippen LogP contribution in [0.5, 0.6) is 0 Å². The molecule has 2 fully saturated rings. The fraction of sp³-hybridized carbons (Fsp3) is 0.692. The summed E-state index contributed by atoms with van der Waals surface area (Å²) in [6, 6.07) is 7.93. The maximum atomic E-state index is 12.6. The van der Waals surface area contributed by atoms with Gasteiger partial charge < -0.3 is 15.3 Å². The number of aliphatic hydroxyl groups is 2. The number of carbonyl (C=O) groups is 2. The van der Waals surface area contributed by atoms with Crippen molar-refractivity contribution in [2.45, 2.75) is 102 Å². The van der Waals surface area contributed by atoms with Gasteiger partial charge in [-0.25, -0.2) is 0 Å². The van der Waals surface area contributed by atoms with Crippen molar-refractivity contribution in [1.82, 2.24) is 0 Å². The molecule has 5 nitrogen and oxygen atoms in total. The maximum absolute atomic E-state index is 12.6. The van der Waals surface area contributed by atoms with Crippen molar-refractivity contribution in [2.75, 3.05) is 0 Å². The molecule has 3 N–H and O–H groups in total. The number of carboxylic acids is 1. The number of rotatable bonds is 12. The Bertz CT molecular complexity index is 754. The van der Waals surface area contributed by atoms with Gasteiger partial charge in [-0.3, -0.25) is 9.59 Å². The summed E-state index contributed by atoms with van der Waals surface area (Å²) in [6.45, 7) is 2.16. The van der Waals surface area contributed by atoms with Crippen LogP contribution in [0.3, 0.4) is 0 Å². The Morgan fingerprint density at radius 3 is 2.58 bits per heavy atom. The molecule has 1 aromatic rings. The Labute approximate surface area is 185 Å². The third-order valence-corrected chi connectivity index (χ3v) is 7.62. The average Bonchev–Trinajstić information content (AvgIpc) is 2.99. The summed E-state index contributed by atoms with van der Waals surface area (Å²) in [5.74, 6) is -1.06. The van der Waals surface area contributed by atoms with Crippen LogP contribution < -0.4 is 0 Å². The van der Waals surface area contributed by atoms with Gasteiger partial charge in [0, 0.05) is 30.1 Å². The number of Topliss-reactive ketones (excluding diaryl/α,β-unsaturated/α-hetero) is 1. The first-order chi connectivity index (χ1) is 14.9. The minimum Gasteiger partial charge on any atom is -0.481 e. The molecule has 0 saturated heterocycles. The summed E-state index contributed by atoms with van der Waals surface area (Å²) in [7, 11) is 0. The largest absolute Gasteiger partial charge is 0.481 e. The van der Waals surface area contributed by atoms with E-state index in [4.69, 9.17) is 5.11 Å². The number of carbonyl (C=O) groups excluding carboxylic acids is 1. The Hall–Kier alpha value is -1.72. The first kappa shape index (κ1) is 23.9. The summed E-state index contributed by atoms with van der Waals surface area (Å²) < 4.78 is 0. The molecule has 3 rings (SSSR count). The van der Waals surface area contributed by atoms with E-state index in [9.17, 15) is 19.8 Å². The molecule has 31 heavy (non-hydrogen) atoms. The van der Waals surface area contributed by atoms with Gasteiger partial charge in [0.15, 0.2) is 0 Å². The molecule has 0 aliphatic heterocycles. The lowest BCUT2D eigenvalue weighted by Crippen LogP contribution is -2.36. The Balaban J connectivity index is 1.67. The number of carboxylic acid groups (broad SMARTS) is 1. The molecule has 2 saturated carbocycles. The highest BCUT2D eigenvalue weighted by atomic mass is 16.4. The fourth-order valence-electron chi connectivity index (χ4n) is 5.82. The van der Waals surface area contributed by atoms with Gasteiger partial charge in [0.2, 0.25) is 0 Å². The second-order valence-corrected chi connectivity index (χ2v) is 9.76. The van der Waals surface area contributed by atoms with Crippen LogP contribution in [0, 0.1) is 11.3 Å². The second kappa shape index (κ2) is 10.7. The first-order valence-electron chi connectivity index (χ1n) is 12.1. The van der Waals surface area contributed by atoms with E-state index in [-0.39, 0.29) is 35.9 Å². The van der Waals surface area contributed by atoms with Crippen LogP contribution in [-0.2, 0) is 9.59 Å². The van der Waals surface area contributed by atoms with Gasteiger partial charge >= 0.3 is 5.97 Å². The summed E-state index contributed by atoms with van der Waals surface area (Å²) in [5, 5.41) is 30.6. The SMILES string of the molecule is CCCC1(C(O)c2cccc([C@H]3[C@H](O)CC(=O)[C@@H]3CCCCCCC(=O)O)c2)CCC1. The fourth-order valence-corrected chi connectivity index (χ4v) is 5.82. The molecule has 0 amide bonds. The zero-order valence-electron chi connectivity index (χ0n) is 18.8. The van der Waals surface area contributed by atoms with E-state index in [1.54, 1.807) is 0 Å². The third-order valence-electron chi connectivity index (χ3n) is 7.62. The zero-order chi connectivity index (χ0) is 22.4. The van der Waals surface area contributed by atoms with Crippen molar-refractivity contribution in [2.24, 2.45) is 11.3 Å². The van der Waals surface area contributed by atoms with E-state index in [0.717, 1.165) is 62.5 Å². The summed E-state index contributed by atoms with van der Waals surface area (Å²) in [6.07, 6.45) is 8.58. The maximum Gasteiger partial charge on any atom is 0.303 e. The van der Waals surface area contributed by atoms with Crippen molar-refractivity contribution < 1.29 is 24.9 Å². The number of ketones is 1. The second-order valence-electron chi connectivity index (χ2n) is 9.76. The van der Waals surface area contributed by atoms with Crippen LogP contribution >= 0.6 is 0 Å². The smallest absolute Gasteiger partial charge is 0.303 e. The topological polar surface area (TPSA) is 94.8 Å². The quantitative estimate of drug-likeness (QED) is 0.399. The lowest BCUT2D eigenvalue weighted by atomic mass is 9.61. The summed E-state index contributed by atoms with van der Waals surface area (Å²) in [5.41, 5.74) is 1.84. The Kier molecular flexibility index (Phi) is 8.29. The van der Waals surface area contributed by atoms with E-state index < -0.39 is 18.2 Å². The van der Waals surface area contributed by atoms with Crippen molar-refractivity contribution in [3.05, 3.63) is 35.4 Å². The molecule has 0 spiro atoms. The molecular formula is C26H38O5. The highest BCUT2D eigenvalue weighted by molar-refractivity contribution is 5.85. The molecule has 2 aliphatic carbocycles. The Morgan fingerprint density at radius 2 is 1.94 bits per heavy atom. The lowest BCUT2D eigenvalue weighted by Gasteiger charge is -2.46. The van der Waals surface area contributed by atoms with E-state index in [2.05, 4.69) is 6.92 Å². The van der Waals surface area contributed by atoms with E-state index in [1.807, 2.05) is 24.3 Å². The normalized spacial score (nSPS) is 25.9. The van der Waals surface area contributed by atoms with Crippen LogP contribution in [0.1, 0.15) is 107 Å². The van der Waals surface area contributed by atoms with Crippen molar-refractivity contribution in [1.29, 1.82) is 0 Å². The van der Waals surface area contributed by atoms with E-state index in [1.165, 1.54) is 6.42 Å². The van der Waals surface area contributed by atoms with Gasteiger partial charge in [-0.2, -0.15) is 0 Å². The predicted octanol–water partition coefficient (Wildman–Crippen LogP) is 5.15. The Morgan fingerprint density at radius 1 is 1.19 bits per heavy atom. The van der Waals surface area contributed by atoms with Gasteiger partial charge in [0.1, 0.15) is 5.78 Å². The van der Waals surface area contributed by atoms with Gasteiger partial charge in [0.25, 0.3) is 0 Å². The highest BCUT2D eigenvalue weighted by Gasteiger charge is 2.44. The van der Waals surface area contributed by atoms with E-state index in [0.29, 0.717) is 6.42 Å². The average molecular weight is 431 g/mol. The van der Waals surface area contributed by atoms with Crippen LogP contribution in [0.4, 0.5) is 0 Å². The molecule has 0 radical (unpaired) electrons. The molecule has 5 heteroatoms. The van der Waals surface area contributed by atoms with Crippen LogP contribution in [0.25, 0.3) is 0 Å². The molecule has 172 valence electrons. The van der Waals surface area contributed by atoms with Gasteiger partial charge in [-0.1, -0.05) is 63.3 Å². The van der Waals surface area contributed by atoms with Crippen molar-refractivity contribution in [3.8, 4) is 0 Å². The molecule has 0 heterocycles. The lowest BCUT2D eigenvalue weighted by molar-refractivity contribution is -0.137. The molecule has 1 aromatic carbocycles. The number of benzene rings is 1. The third kappa shape index (κ3) is 5.56. The van der Waals surface area contributed by atoms with Crippen LogP contribution in [0.15, 0.2) is 24.3 Å². The van der Waals surface area contributed by atoms with E-state index >= 15 is 0 Å². The number of aliphatic carboxylic acids is 1. The zero-order valence-corrected chi connectivity index (χ0v) is 18.8. The number of aliphatic hydroxyl groups excluding tert-OH is 2. The molecule has 2 aliphatic rings. The molecule has 0 aromatic heterocycles. The van der Waals surface area contributed by atoms with Gasteiger partial charge in [-0.15, -0.1) is 0 Å². The van der Waals surface area contributed by atoms with Gasteiger partial charge in [0.05, 0.1) is 12.2 Å². The molecular weight excluding hydrogens is 392 g/mol. The van der Waals surface area contributed by atoms with Crippen LogP contribution in [0.2, 0.25) is 0 Å². The predicted molar refractivity (Wildman–Crippen MR) is 120 cm³/mol. The highest BCUT2D eigenvalue weighted by Crippen LogP contribution is 2.53. The number of unbranched alkanes of at least 4 members (excludes halogenated alkanes) is 3. The summed E-state index contributed by atoms with van der Waals surface area (Å²) >= 11 is 0. The standard InChI is InChI=1S/C26H38O5/c1-2-13-26(14-8-15-26)25(31)19-10-7-9-18(16-19)24-20(21(27)17-22(24)28)11-5-3-4-6-12-23(29)30/h7,9-10,16,20,22,24-25,28,31H,2-6,8,11-15,17H2,1H3,(H,29,30)/t20-,22+,24+,25?/m0/s1. The number of hydrogen-bond acceptors (Lipinski definition) is 4. The first-order valence-corrected chi connectivity index (χ1v) is 12.1. The number of hydrogen-bond donors (Lipinski definition) is 3. The molecule has 4 atom stereocenters. The minimum atomic E-state index is -0.765. The van der Waals surface area contributed by atoms with Crippen LogP contribution in [-0.4, -0.2) is 33.2 Å². The van der Waals surface area contributed by atoms with Gasteiger partial charge in [-0.05, 0) is 43.2 Å².